The van der Waals surface area contributed by atoms with E-state index in [1.807, 2.05) is 0 Å². The second-order valence-electron chi connectivity index (χ2n) is 9.65. The number of nitrogens with zero attached hydrogens (tertiary/aromatic N) is 1. The molecule has 1 aromatic carbocycles. The summed E-state index contributed by atoms with van der Waals surface area (Å²) in [4.78, 5) is 2.73. The minimum absolute atomic E-state index is 0.178. The molecule has 4 heteroatoms. The lowest BCUT2D eigenvalue weighted by atomic mass is 9.43. The number of hydrogen-bond acceptors (Lipinski definition) is 4. The number of likely N-dealkylation sites (tertiary alicyclic amines) is 1. The van der Waals surface area contributed by atoms with Crippen LogP contribution < -0.4 is 4.74 Å². The van der Waals surface area contributed by atoms with Gasteiger partial charge in [0, 0.05) is 37.0 Å². The Bertz CT molecular complexity index is 903. The number of rotatable bonds is 2. The highest BCUT2D eigenvalue weighted by molar-refractivity contribution is 5.69. The first-order valence-electron chi connectivity index (χ1n) is 10.3. The molecule has 5 atom stereocenters. The van der Waals surface area contributed by atoms with Gasteiger partial charge in [0.2, 0.25) is 0 Å². The van der Waals surface area contributed by atoms with Crippen LogP contribution >= 0.6 is 0 Å². The number of phenols is 1. The molecule has 3 unspecified atom stereocenters. The summed E-state index contributed by atoms with van der Waals surface area (Å²) >= 11 is 0. The van der Waals surface area contributed by atoms with Gasteiger partial charge in [-0.2, -0.15) is 0 Å². The van der Waals surface area contributed by atoms with E-state index in [9.17, 15) is 10.2 Å². The first kappa shape index (κ1) is 14.5. The van der Waals surface area contributed by atoms with Crippen molar-refractivity contribution in [1.29, 1.82) is 0 Å². The van der Waals surface area contributed by atoms with E-state index in [4.69, 9.17) is 4.74 Å². The predicted molar refractivity (Wildman–Crippen MR) is 96.4 cm³/mol. The number of aliphatic hydroxyl groups is 1. The number of hydrogen-bond donors (Lipinski definition) is 2. The van der Waals surface area contributed by atoms with E-state index in [2.05, 4.69) is 17.9 Å². The van der Waals surface area contributed by atoms with Gasteiger partial charge in [-0.25, -0.2) is 0 Å². The van der Waals surface area contributed by atoms with E-state index >= 15 is 0 Å². The highest BCUT2D eigenvalue weighted by Crippen LogP contribution is 2.70. The van der Waals surface area contributed by atoms with Gasteiger partial charge < -0.3 is 14.9 Å². The minimum Gasteiger partial charge on any atom is -0.504 e. The van der Waals surface area contributed by atoms with Crippen molar-refractivity contribution in [3.8, 4) is 11.5 Å². The largest absolute Gasteiger partial charge is 0.504 e. The molecule has 5 aliphatic carbocycles. The molecule has 2 saturated carbocycles. The molecule has 1 spiro atoms. The van der Waals surface area contributed by atoms with Crippen LogP contribution in [0.5, 0.6) is 11.5 Å². The molecule has 4 nitrogen and oxygen atoms in total. The molecule has 3 fully saturated rings. The molecule has 4 bridgehead atoms. The van der Waals surface area contributed by atoms with Crippen LogP contribution in [0.2, 0.25) is 0 Å². The summed E-state index contributed by atoms with van der Waals surface area (Å²) in [6.07, 6.45) is 5.34. The highest BCUT2D eigenvalue weighted by Gasteiger charge is 2.74. The molecule has 2 aliphatic heterocycles. The predicted octanol–water partition coefficient (Wildman–Crippen LogP) is 2.51. The Balaban J connectivity index is 1.50. The Morgan fingerprint density at radius 2 is 2.15 bits per heavy atom. The van der Waals surface area contributed by atoms with Crippen molar-refractivity contribution in [2.45, 2.75) is 62.2 Å². The van der Waals surface area contributed by atoms with Gasteiger partial charge in [-0.05, 0) is 48.8 Å². The smallest absolute Gasteiger partial charge is 0.166 e. The average molecular weight is 351 g/mol. The number of benzene rings is 1. The normalized spacial score (nSPS) is 44.5. The summed E-state index contributed by atoms with van der Waals surface area (Å²) in [7, 11) is 0. The zero-order valence-electron chi connectivity index (χ0n) is 15.2. The average Bonchev–Trinajstić information content (AvgIpc) is 3.37. The quantitative estimate of drug-likeness (QED) is 0.804. The molecule has 2 N–H and O–H groups in total. The van der Waals surface area contributed by atoms with Crippen LogP contribution in [0.15, 0.2) is 23.3 Å². The summed E-state index contributed by atoms with van der Waals surface area (Å²) in [5.41, 5.74) is 4.62. The number of ether oxygens (including phenoxy) is 1. The van der Waals surface area contributed by atoms with Crippen molar-refractivity contribution >= 4 is 0 Å². The van der Waals surface area contributed by atoms with E-state index in [0.717, 1.165) is 31.7 Å². The second kappa shape index (κ2) is 4.15. The number of aromatic hydroxyl groups is 1. The molecular weight excluding hydrogens is 326 g/mol. The van der Waals surface area contributed by atoms with E-state index in [1.165, 1.54) is 36.1 Å². The summed E-state index contributed by atoms with van der Waals surface area (Å²) in [6.45, 7) is 4.47. The van der Waals surface area contributed by atoms with Gasteiger partial charge in [-0.3, -0.25) is 4.90 Å². The van der Waals surface area contributed by atoms with Crippen LogP contribution in [-0.2, 0) is 11.8 Å². The Morgan fingerprint density at radius 1 is 1.31 bits per heavy atom. The fourth-order valence-electron chi connectivity index (χ4n) is 7.11. The molecule has 136 valence electrons. The summed E-state index contributed by atoms with van der Waals surface area (Å²) in [6, 6.07) is 4.35. The molecular formula is C22H25NO3. The van der Waals surface area contributed by atoms with Crippen LogP contribution in [0.1, 0.15) is 43.7 Å². The molecule has 2 heterocycles. The zero-order chi connectivity index (χ0) is 17.4. The maximum Gasteiger partial charge on any atom is 0.166 e. The van der Waals surface area contributed by atoms with Gasteiger partial charge >= 0.3 is 0 Å². The monoisotopic (exact) mass is 351 g/mol. The minimum atomic E-state index is -0.776. The molecule has 26 heavy (non-hydrogen) atoms. The topological polar surface area (TPSA) is 52.9 Å². The van der Waals surface area contributed by atoms with Crippen LogP contribution in [-0.4, -0.2) is 45.9 Å². The van der Waals surface area contributed by atoms with Crippen molar-refractivity contribution in [2.24, 2.45) is 11.8 Å². The molecule has 0 radical (unpaired) electrons. The van der Waals surface area contributed by atoms with Crippen molar-refractivity contribution < 1.29 is 14.9 Å². The first-order valence-corrected chi connectivity index (χ1v) is 10.3. The zero-order valence-corrected chi connectivity index (χ0v) is 15.2. The maximum atomic E-state index is 11.4. The fourth-order valence-corrected chi connectivity index (χ4v) is 7.11. The summed E-state index contributed by atoms with van der Waals surface area (Å²) < 4.78 is 6.41. The van der Waals surface area contributed by atoms with Crippen LogP contribution in [0.3, 0.4) is 0 Å². The summed E-state index contributed by atoms with van der Waals surface area (Å²) in [5.74, 6) is 1.97. The van der Waals surface area contributed by atoms with Crippen molar-refractivity contribution in [3.63, 3.8) is 0 Å². The molecule has 0 aromatic heterocycles. The third kappa shape index (κ3) is 1.36. The Kier molecular flexibility index (Phi) is 2.32. The van der Waals surface area contributed by atoms with Gasteiger partial charge in [0.05, 0.1) is 5.41 Å². The molecule has 1 saturated heterocycles. The Labute approximate surface area is 153 Å². The number of piperidine rings is 1. The third-order valence-electron chi connectivity index (χ3n) is 8.55. The van der Waals surface area contributed by atoms with Crippen LogP contribution in [0.25, 0.3) is 0 Å². The molecule has 8 rings (SSSR count). The lowest BCUT2D eigenvalue weighted by Gasteiger charge is -2.65. The van der Waals surface area contributed by atoms with Crippen LogP contribution in [0, 0.1) is 11.8 Å². The van der Waals surface area contributed by atoms with Gasteiger partial charge in [-0.15, -0.1) is 0 Å². The Hall–Kier alpha value is -1.52. The van der Waals surface area contributed by atoms with Gasteiger partial charge in [-0.1, -0.05) is 18.6 Å². The number of phenolic OH excluding ortho intramolecular Hbond substituents is 1. The van der Waals surface area contributed by atoms with Crippen molar-refractivity contribution in [1.82, 2.24) is 4.90 Å². The highest BCUT2D eigenvalue weighted by atomic mass is 16.5. The van der Waals surface area contributed by atoms with E-state index in [-0.39, 0.29) is 23.2 Å². The standard InChI is InChI=1S/C22H25NO3/c1-11-14-9-22(11,25)20-21-6-7-23(10-12-2-3-12)15(18(14)21)8-13-4-5-16(24)19(26-20)17(13)21/h4-5,11-12,15,20,24-25H,2-3,6-10H2,1H3/t11-,15?,20?,21?,22+/m0/s1. The lowest BCUT2D eigenvalue weighted by molar-refractivity contribution is -0.159. The second-order valence-corrected chi connectivity index (χ2v) is 9.65. The molecule has 7 aliphatic rings. The third-order valence-corrected chi connectivity index (χ3v) is 8.55. The van der Waals surface area contributed by atoms with Gasteiger partial charge in [0.25, 0.3) is 0 Å². The van der Waals surface area contributed by atoms with Crippen LogP contribution in [0.4, 0.5) is 0 Å². The van der Waals surface area contributed by atoms with Crippen molar-refractivity contribution in [3.05, 3.63) is 34.4 Å². The summed E-state index contributed by atoms with van der Waals surface area (Å²) in [5, 5.41) is 22.0. The first-order chi connectivity index (χ1) is 12.5. The SMILES string of the molecule is C[C@H]1C2=C3C4Cc5ccc(O)c6c5C3(CCN4CC3CC3)C(O6)[C@@]1(O)C2. The van der Waals surface area contributed by atoms with Gasteiger partial charge in [0.15, 0.2) is 11.5 Å². The maximum absolute atomic E-state index is 11.4. The Morgan fingerprint density at radius 3 is 2.92 bits per heavy atom. The van der Waals surface area contributed by atoms with E-state index < -0.39 is 5.60 Å². The van der Waals surface area contributed by atoms with E-state index in [0.29, 0.717) is 11.8 Å². The van der Waals surface area contributed by atoms with Gasteiger partial charge in [0.1, 0.15) is 11.7 Å². The van der Waals surface area contributed by atoms with Crippen molar-refractivity contribution in [2.75, 3.05) is 13.1 Å². The van der Waals surface area contributed by atoms with E-state index in [1.54, 1.807) is 11.6 Å². The fraction of sp³-hybridized carbons (Fsp3) is 0.636. The molecule has 0 amide bonds. The molecule has 1 aromatic rings. The lowest BCUT2D eigenvalue weighted by Crippen LogP contribution is -2.73.